The van der Waals surface area contributed by atoms with Crippen molar-refractivity contribution in [2.24, 2.45) is 0 Å². The zero-order valence-electron chi connectivity index (χ0n) is 46.3. The molecule has 1 atom stereocenters. The van der Waals surface area contributed by atoms with E-state index in [0.29, 0.717) is 19.3 Å². The number of ether oxygens (including phenoxy) is 3. The van der Waals surface area contributed by atoms with Crippen LogP contribution < -0.4 is 0 Å². The predicted molar refractivity (Wildman–Crippen MR) is 298 cm³/mol. The molecule has 0 aromatic heterocycles. The summed E-state index contributed by atoms with van der Waals surface area (Å²) in [6.07, 6.45) is 70.0. The maximum absolute atomic E-state index is 12.9. The van der Waals surface area contributed by atoms with Gasteiger partial charge in [0.1, 0.15) is 13.2 Å². The molecule has 404 valence electrons. The Morgan fingerprint density at radius 1 is 0.275 bits per heavy atom. The fourth-order valence-electron chi connectivity index (χ4n) is 8.94. The van der Waals surface area contributed by atoms with Gasteiger partial charge in [0.15, 0.2) is 6.10 Å². The Labute approximate surface area is 429 Å². The van der Waals surface area contributed by atoms with Crippen LogP contribution in [-0.4, -0.2) is 37.2 Å². The van der Waals surface area contributed by atoms with Crippen LogP contribution in [0.1, 0.15) is 329 Å². The Morgan fingerprint density at radius 2 is 0.493 bits per heavy atom. The molecule has 6 heteroatoms. The molecule has 0 rings (SSSR count). The normalized spacial score (nSPS) is 12.2. The van der Waals surface area contributed by atoms with Crippen molar-refractivity contribution < 1.29 is 28.6 Å². The minimum absolute atomic E-state index is 0.0734. The molecule has 0 spiro atoms. The molecule has 0 saturated carbocycles. The van der Waals surface area contributed by atoms with Gasteiger partial charge < -0.3 is 14.2 Å². The van der Waals surface area contributed by atoms with Crippen LogP contribution in [0.3, 0.4) is 0 Å². The van der Waals surface area contributed by atoms with E-state index in [1.165, 1.54) is 225 Å². The van der Waals surface area contributed by atoms with Gasteiger partial charge in [-0.15, -0.1) is 0 Å². The van der Waals surface area contributed by atoms with Gasteiger partial charge in [0.2, 0.25) is 0 Å². The minimum Gasteiger partial charge on any atom is -0.462 e. The van der Waals surface area contributed by atoms with Crippen LogP contribution in [0.25, 0.3) is 0 Å². The molecule has 0 N–H and O–H groups in total. The van der Waals surface area contributed by atoms with Crippen LogP contribution in [-0.2, 0) is 28.6 Å². The van der Waals surface area contributed by atoms with Crippen LogP contribution in [0.5, 0.6) is 0 Å². The fraction of sp³-hybridized carbons (Fsp3) is 0.857. The number of hydrogen-bond acceptors (Lipinski definition) is 6. The molecule has 0 fully saturated rings. The van der Waals surface area contributed by atoms with Gasteiger partial charge in [0.25, 0.3) is 0 Å². The van der Waals surface area contributed by atoms with Crippen molar-refractivity contribution >= 4 is 17.9 Å². The van der Waals surface area contributed by atoms with Gasteiger partial charge in [0, 0.05) is 19.3 Å². The minimum atomic E-state index is -0.775. The summed E-state index contributed by atoms with van der Waals surface area (Å²) in [5.41, 5.74) is 0. The summed E-state index contributed by atoms with van der Waals surface area (Å²) in [4.78, 5) is 38.2. The van der Waals surface area contributed by atoms with Crippen molar-refractivity contribution in [3.05, 3.63) is 36.5 Å². The highest BCUT2D eigenvalue weighted by atomic mass is 16.6. The summed E-state index contributed by atoms with van der Waals surface area (Å²) in [5, 5.41) is 0. The molecule has 69 heavy (non-hydrogen) atoms. The van der Waals surface area contributed by atoms with E-state index in [0.717, 1.165) is 64.2 Å². The summed E-state index contributed by atoms with van der Waals surface area (Å²) < 4.78 is 16.9. The first-order chi connectivity index (χ1) is 34.0. The third kappa shape index (κ3) is 56.4. The molecule has 0 heterocycles. The Hall–Kier alpha value is -2.37. The molecule has 0 bridgehead atoms. The van der Waals surface area contributed by atoms with Gasteiger partial charge >= 0.3 is 17.9 Å². The van der Waals surface area contributed by atoms with Gasteiger partial charge in [-0.05, 0) is 89.9 Å². The third-order valence-electron chi connectivity index (χ3n) is 13.6. The first kappa shape index (κ1) is 66.6. The first-order valence-corrected chi connectivity index (χ1v) is 30.5. The van der Waals surface area contributed by atoms with Gasteiger partial charge in [-0.3, -0.25) is 14.4 Å². The van der Waals surface area contributed by atoms with E-state index in [-0.39, 0.29) is 31.1 Å². The largest absolute Gasteiger partial charge is 0.462 e. The second-order valence-electron chi connectivity index (χ2n) is 20.6. The maximum atomic E-state index is 12.9. The number of hydrogen-bond donors (Lipinski definition) is 0. The van der Waals surface area contributed by atoms with E-state index >= 15 is 0 Å². The van der Waals surface area contributed by atoms with Gasteiger partial charge in [-0.25, -0.2) is 0 Å². The van der Waals surface area contributed by atoms with Crippen molar-refractivity contribution in [1.29, 1.82) is 0 Å². The predicted octanol–water partition coefficient (Wildman–Crippen LogP) is 20.4. The summed E-state index contributed by atoms with van der Waals surface area (Å²) in [7, 11) is 0. The molecule has 0 aromatic carbocycles. The topological polar surface area (TPSA) is 78.9 Å². The van der Waals surface area contributed by atoms with E-state index in [4.69, 9.17) is 14.2 Å². The summed E-state index contributed by atoms with van der Waals surface area (Å²) in [6.45, 7) is 6.63. The molecule has 0 amide bonds. The average molecular weight is 970 g/mol. The Morgan fingerprint density at radius 3 is 0.768 bits per heavy atom. The second-order valence-corrected chi connectivity index (χ2v) is 20.6. The lowest BCUT2D eigenvalue weighted by atomic mass is 10.0. The van der Waals surface area contributed by atoms with E-state index in [2.05, 4.69) is 57.2 Å². The number of carbonyl (C=O) groups is 3. The van der Waals surface area contributed by atoms with Crippen LogP contribution in [0, 0.1) is 0 Å². The third-order valence-corrected chi connectivity index (χ3v) is 13.6. The Kier molecular flexibility index (Phi) is 56.2. The first-order valence-electron chi connectivity index (χ1n) is 30.5. The number of carbonyl (C=O) groups excluding carboxylic acids is 3. The van der Waals surface area contributed by atoms with Crippen molar-refractivity contribution in [3.8, 4) is 0 Å². The number of allylic oxidation sites excluding steroid dienone is 6. The number of esters is 3. The van der Waals surface area contributed by atoms with Gasteiger partial charge in [-0.2, -0.15) is 0 Å². The summed E-state index contributed by atoms with van der Waals surface area (Å²) in [6, 6.07) is 0. The highest BCUT2D eigenvalue weighted by Crippen LogP contribution is 2.16. The van der Waals surface area contributed by atoms with Gasteiger partial charge in [-0.1, -0.05) is 256 Å². The Balaban J connectivity index is 4.27. The summed E-state index contributed by atoms with van der Waals surface area (Å²) >= 11 is 0. The van der Waals surface area contributed by atoms with Crippen molar-refractivity contribution in [2.45, 2.75) is 335 Å². The molecule has 0 radical (unpaired) electrons. The molecule has 0 aliphatic rings. The summed E-state index contributed by atoms with van der Waals surface area (Å²) in [5.74, 6) is -0.868. The van der Waals surface area contributed by atoms with Crippen molar-refractivity contribution in [2.75, 3.05) is 13.2 Å². The molecule has 0 saturated heterocycles. The lowest BCUT2D eigenvalue weighted by Gasteiger charge is -2.18. The van der Waals surface area contributed by atoms with Crippen molar-refractivity contribution in [1.82, 2.24) is 0 Å². The molecule has 0 unspecified atom stereocenters. The van der Waals surface area contributed by atoms with E-state index < -0.39 is 6.10 Å². The van der Waals surface area contributed by atoms with Gasteiger partial charge in [0.05, 0.1) is 0 Å². The second kappa shape index (κ2) is 58.2. The average Bonchev–Trinajstić information content (AvgIpc) is 3.35. The van der Waals surface area contributed by atoms with Crippen LogP contribution >= 0.6 is 0 Å². The van der Waals surface area contributed by atoms with Crippen LogP contribution in [0.2, 0.25) is 0 Å². The maximum Gasteiger partial charge on any atom is 0.306 e. The molecule has 0 aromatic rings. The van der Waals surface area contributed by atoms with E-state index in [1.54, 1.807) is 0 Å². The lowest BCUT2D eigenvalue weighted by molar-refractivity contribution is -0.167. The number of rotatable bonds is 56. The van der Waals surface area contributed by atoms with E-state index in [9.17, 15) is 14.4 Å². The highest BCUT2D eigenvalue weighted by molar-refractivity contribution is 5.71. The standard InChI is InChI=1S/C63H116O6/c1-4-7-10-13-16-19-22-24-26-28-30-31-33-35-37-39-42-45-48-51-54-57-63(66)69-60(58-67-61(64)55-52-49-46-43-40-21-18-15-12-9-6-3)59-68-62(65)56-53-50-47-44-41-38-36-34-32-29-27-25-23-20-17-14-11-8-5-2/h15,18,24-27,60H,4-14,16-17,19-23,28-59H2,1-3H3/b18-15-,26-24-,27-25-/t60-/m0/s1. The zero-order chi connectivity index (χ0) is 50.0. The SMILES string of the molecule is CCCC/C=C\CCCCCCCC(=O)OC[C@@H](COC(=O)CCCCCCCCCCC/C=C\CCCCCCCC)OC(=O)CCCCCCCCCCCCC/C=C\CCCCCCCC. The lowest BCUT2D eigenvalue weighted by Crippen LogP contribution is -2.30. The molecule has 0 aliphatic heterocycles. The number of unbranched alkanes of at least 4 members (excludes halogenated alkanes) is 39. The van der Waals surface area contributed by atoms with Crippen LogP contribution in [0.4, 0.5) is 0 Å². The monoisotopic (exact) mass is 969 g/mol. The molecular formula is C63H116O6. The Bertz CT molecular complexity index is 1160. The quantitative estimate of drug-likeness (QED) is 0.0261. The van der Waals surface area contributed by atoms with Crippen LogP contribution in [0.15, 0.2) is 36.5 Å². The molecular weight excluding hydrogens is 853 g/mol. The smallest absolute Gasteiger partial charge is 0.306 e. The zero-order valence-corrected chi connectivity index (χ0v) is 46.3. The van der Waals surface area contributed by atoms with E-state index in [1.807, 2.05) is 0 Å². The highest BCUT2D eigenvalue weighted by Gasteiger charge is 2.19. The molecule has 6 nitrogen and oxygen atoms in total. The fourth-order valence-corrected chi connectivity index (χ4v) is 8.94. The molecule has 0 aliphatic carbocycles. The van der Waals surface area contributed by atoms with Crippen molar-refractivity contribution in [3.63, 3.8) is 0 Å².